The highest BCUT2D eigenvalue weighted by Gasteiger charge is 2.22. The van der Waals surface area contributed by atoms with E-state index in [1.165, 1.54) is 6.33 Å². The smallest absolute Gasteiger partial charge is 0.353 e. The first kappa shape index (κ1) is 15.5. The number of rotatable bonds is 8. The van der Waals surface area contributed by atoms with Crippen LogP contribution < -0.4 is 10.6 Å². The van der Waals surface area contributed by atoms with Gasteiger partial charge in [0.25, 0.3) is 0 Å². The number of hydrogen-bond acceptors (Lipinski definition) is 7. The molecule has 0 bridgehead atoms. The zero-order chi connectivity index (χ0) is 14.3. The predicted octanol–water partition coefficient (Wildman–Crippen LogP) is 2.37. The van der Waals surface area contributed by atoms with Crippen LogP contribution in [0.15, 0.2) is 6.33 Å². The van der Waals surface area contributed by atoms with Crippen LogP contribution in [0.25, 0.3) is 0 Å². The van der Waals surface area contributed by atoms with E-state index in [1.807, 2.05) is 13.2 Å². The first-order valence-corrected chi connectivity index (χ1v) is 7.38. The fraction of sp³-hybridized carbons (Fsp3) is 0.636. The minimum absolute atomic E-state index is 0.0962. The van der Waals surface area contributed by atoms with Crippen molar-refractivity contribution in [2.24, 2.45) is 0 Å². The molecule has 19 heavy (non-hydrogen) atoms. The second-order valence-corrected chi connectivity index (χ2v) is 5.24. The third-order valence-electron chi connectivity index (χ3n) is 2.59. The van der Waals surface area contributed by atoms with Gasteiger partial charge in [0.1, 0.15) is 6.33 Å². The molecule has 0 radical (unpaired) electrons. The Kier molecular flexibility index (Phi) is 6.34. The first-order chi connectivity index (χ1) is 9.10. The van der Waals surface area contributed by atoms with Crippen LogP contribution in [0, 0.1) is 10.1 Å². The van der Waals surface area contributed by atoms with Gasteiger partial charge in [-0.15, -0.1) is 0 Å². The van der Waals surface area contributed by atoms with Gasteiger partial charge < -0.3 is 10.6 Å². The minimum atomic E-state index is -0.460. The lowest BCUT2D eigenvalue weighted by Crippen LogP contribution is -2.12. The van der Waals surface area contributed by atoms with Crippen molar-refractivity contribution in [1.82, 2.24) is 9.97 Å². The van der Waals surface area contributed by atoms with E-state index in [0.717, 1.165) is 6.42 Å². The Balaban J connectivity index is 2.81. The molecule has 1 atom stereocenters. The number of nitrogens with zero attached hydrogens (tertiary/aromatic N) is 3. The normalized spacial score (nSPS) is 11.9. The van der Waals surface area contributed by atoms with Crippen molar-refractivity contribution in [3.8, 4) is 0 Å². The molecule has 106 valence electrons. The quantitative estimate of drug-likeness (QED) is 0.559. The van der Waals surface area contributed by atoms with Crippen molar-refractivity contribution in [2.75, 3.05) is 30.0 Å². The van der Waals surface area contributed by atoms with Gasteiger partial charge in [-0.25, -0.2) is 9.97 Å². The van der Waals surface area contributed by atoms with Gasteiger partial charge in [0, 0.05) is 18.3 Å². The largest absolute Gasteiger partial charge is 0.364 e. The van der Waals surface area contributed by atoms with Crippen molar-refractivity contribution in [1.29, 1.82) is 0 Å². The Labute approximate surface area is 116 Å². The average molecular weight is 285 g/mol. The number of aromatic nitrogens is 2. The van der Waals surface area contributed by atoms with Crippen LogP contribution >= 0.6 is 11.8 Å². The number of nitrogens with one attached hydrogen (secondary N) is 2. The maximum absolute atomic E-state index is 11.1. The highest BCUT2D eigenvalue weighted by Crippen LogP contribution is 2.28. The summed E-state index contributed by atoms with van der Waals surface area (Å²) in [6.07, 6.45) is 4.28. The molecule has 0 amide bonds. The zero-order valence-corrected chi connectivity index (χ0v) is 12.2. The third kappa shape index (κ3) is 4.55. The van der Waals surface area contributed by atoms with Crippen LogP contribution in [0.5, 0.6) is 0 Å². The van der Waals surface area contributed by atoms with E-state index in [1.54, 1.807) is 11.8 Å². The van der Waals surface area contributed by atoms with E-state index < -0.39 is 4.92 Å². The zero-order valence-electron chi connectivity index (χ0n) is 11.3. The molecule has 1 aromatic rings. The molecule has 2 N–H and O–H groups in total. The Morgan fingerprint density at radius 2 is 2.05 bits per heavy atom. The van der Waals surface area contributed by atoms with Gasteiger partial charge in [-0.3, -0.25) is 10.1 Å². The van der Waals surface area contributed by atoms with Crippen LogP contribution in [-0.4, -0.2) is 39.5 Å². The average Bonchev–Trinajstić information content (AvgIpc) is 2.38. The summed E-state index contributed by atoms with van der Waals surface area (Å²) in [5.74, 6) is 0.521. The van der Waals surface area contributed by atoms with Crippen LogP contribution in [0.2, 0.25) is 0 Å². The van der Waals surface area contributed by atoms with Crippen molar-refractivity contribution in [3.05, 3.63) is 16.4 Å². The molecule has 1 rings (SSSR count). The Morgan fingerprint density at radius 3 is 2.58 bits per heavy atom. The third-order valence-corrected chi connectivity index (χ3v) is 3.64. The maximum atomic E-state index is 11.1. The van der Waals surface area contributed by atoms with Gasteiger partial charge in [-0.2, -0.15) is 11.8 Å². The van der Waals surface area contributed by atoms with E-state index in [0.29, 0.717) is 18.3 Å². The summed E-state index contributed by atoms with van der Waals surface area (Å²) in [4.78, 5) is 18.5. The Morgan fingerprint density at radius 1 is 1.42 bits per heavy atom. The molecule has 7 nitrogen and oxygen atoms in total. The molecule has 0 fully saturated rings. The highest BCUT2D eigenvalue weighted by molar-refractivity contribution is 7.99. The predicted molar refractivity (Wildman–Crippen MR) is 78.9 cm³/mol. The topological polar surface area (TPSA) is 93.0 Å². The molecule has 1 aromatic heterocycles. The van der Waals surface area contributed by atoms with Crippen molar-refractivity contribution in [3.63, 3.8) is 0 Å². The van der Waals surface area contributed by atoms with Gasteiger partial charge in [0.05, 0.1) is 4.92 Å². The maximum Gasteiger partial charge on any atom is 0.353 e. The summed E-state index contributed by atoms with van der Waals surface area (Å²) in [6, 6.07) is 0. The van der Waals surface area contributed by atoms with Crippen LogP contribution in [0.1, 0.15) is 20.3 Å². The van der Waals surface area contributed by atoms with Crippen molar-refractivity contribution >= 4 is 29.1 Å². The second kappa shape index (κ2) is 7.78. The summed E-state index contributed by atoms with van der Waals surface area (Å²) in [5, 5.41) is 17.5. The van der Waals surface area contributed by atoms with Gasteiger partial charge in [0.15, 0.2) is 0 Å². The molecular weight excluding hydrogens is 266 g/mol. The summed E-state index contributed by atoms with van der Waals surface area (Å²) in [5.41, 5.74) is -0.0962. The van der Waals surface area contributed by atoms with E-state index in [2.05, 4.69) is 27.5 Å². The number of thioether (sulfide) groups is 1. The fourth-order valence-corrected chi connectivity index (χ4v) is 1.84. The van der Waals surface area contributed by atoms with Crippen molar-refractivity contribution < 1.29 is 4.92 Å². The summed E-state index contributed by atoms with van der Waals surface area (Å²) >= 11 is 1.76. The molecule has 8 heteroatoms. The monoisotopic (exact) mass is 285 g/mol. The SMILES string of the molecule is CCNc1ncnc(NCCC(C)SC)c1[N+](=O)[O-]. The molecule has 1 unspecified atom stereocenters. The highest BCUT2D eigenvalue weighted by atomic mass is 32.2. The van der Waals surface area contributed by atoms with Gasteiger partial charge in [0.2, 0.25) is 11.6 Å². The van der Waals surface area contributed by atoms with Gasteiger partial charge >= 0.3 is 5.69 Å². The van der Waals surface area contributed by atoms with Gasteiger partial charge in [-0.1, -0.05) is 6.92 Å². The molecular formula is C11H19N5O2S. The Hall–Kier alpha value is -1.57. The molecule has 0 saturated carbocycles. The Bertz CT molecular complexity index is 430. The first-order valence-electron chi connectivity index (χ1n) is 6.10. The van der Waals surface area contributed by atoms with E-state index in [-0.39, 0.29) is 17.3 Å². The lowest BCUT2D eigenvalue weighted by molar-refractivity contribution is -0.383. The lowest BCUT2D eigenvalue weighted by Gasteiger charge is -2.11. The number of anilines is 2. The second-order valence-electron chi connectivity index (χ2n) is 3.97. The standard InChI is InChI=1S/C11H19N5O2S/c1-4-12-10-9(16(17)18)11(15-7-14-10)13-6-5-8(2)19-3/h7-8H,4-6H2,1-3H3,(H2,12,13,14,15). The molecule has 1 heterocycles. The van der Waals surface area contributed by atoms with Crippen LogP contribution in [0.3, 0.4) is 0 Å². The van der Waals surface area contributed by atoms with Crippen molar-refractivity contribution in [2.45, 2.75) is 25.5 Å². The number of hydrogen-bond donors (Lipinski definition) is 2. The summed E-state index contributed by atoms with van der Waals surface area (Å²) < 4.78 is 0. The molecule has 0 aliphatic heterocycles. The minimum Gasteiger partial charge on any atom is -0.364 e. The number of nitro groups is 1. The molecule has 0 spiro atoms. The van der Waals surface area contributed by atoms with E-state index in [9.17, 15) is 10.1 Å². The fourth-order valence-electron chi connectivity index (χ4n) is 1.49. The van der Waals surface area contributed by atoms with E-state index >= 15 is 0 Å². The van der Waals surface area contributed by atoms with Gasteiger partial charge in [-0.05, 0) is 19.6 Å². The summed E-state index contributed by atoms with van der Waals surface area (Å²) in [6.45, 7) is 5.19. The van der Waals surface area contributed by atoms with E-state index in [4.69, 9.17) is 0 Å². The lowest BCUT2D eigenvalue weighted by atomic mass is 10.3. The molecule has 0 saturated heterocycles. The molecule has 0 aliphatic rings. The van der Waals surface area contributed by atoms with Crippen LogP contribution in [-0.2, 0) is 0 Å². The summed E-state index contributed by atoms with van der Waals surface area (Å²) in [7, 11) is 0. The molecule has 0 aliphatic carbocycles. The van der Waals surface area contributed by atoms with Crippen LogP contribution in [0.4, 0.5) is 17.3 Å². The molecule has 0 aromatic carbocycles.